The Morgan fingerprint density at radius 1 is 0.969 bits per heavy atom. The van der Waals surface area contributed by atoms with Crippen LogP contribution in [0.4, 0.5) is 14.5 Å². The van der Waals surface area contributed by atoms with Gasteiger partial charge < -0.3 is 10.1 Å². The number of ether oxygens (including phenoxy) is 1. The van der Waals surface area contributed by atoms with Crippen LogP contribution in [0.1, 0.15) is 36.7 Å². The monoisotopic (exact) mass is 477 g/mol. The Balaban J connectivity index is 1.67. The molecular weight excluding hydrogens is 455 g/mol. The molecule has 0 aliphatic heterocycles. The van der Waals surface area contributed by atoms with E-state index in [0.29, 0.717) is 21.7 Å². The van der Waals surface area contributed by atoms with E-state index in [0.717, 1.165) is 0 Å². The predicted octanol–water partition coefficient (Wildman–Crippen LogP) is 7.37. The number of benzene rings is 3. The summed E-state index contributed by atoms with van der Waals surface area (Å²) in [5.41, 5.74) is 1.74. The zero-order chi connectivity index (χ0) is 23.3. The summed E-state index contributed by atoms with van der Waals surface area (Å²) < 4.78 is 34.5. The van der Waals surface area contributed by atoms with Crippen molar-refractivity contribution in [3.63, 3.8) is 0 Å². The summed E-state index contributed by atoms with van der Waals surface area (Å²) in [5, 5.41) is 3.69. The van der Waals surface area contributed by atoms with Crippen molar-refractivity contribution in [1.29, 1.82) is 0 Å². The maximum absolute atomic E-state index is 14.9. The molecular formula is C25H23Cl2F2NO2. The van der Waals surface area contributed by atoms with Gasteiger partial charge in [-0.05, 0) is 59.0 Å². The molecule has 2 atom stereocenters. The van der Waals surface area contributed by atoms with E-state index < -0.39 is 24.0 Å². The lowest BCUT2D eigenvalue weighted by molar-refractivity contribution is -0.146. The second-order valence-electron chi connectivity index (χ2n) is 7.76. The Morgan fingerprint density at radius 3 is 2.31 bits per heavy atom. The van der Waals surface area contributed by atoms with Gasteiger partial charge in [0.15, 0.2) is 6.17 Å². The minimum atomic E-state index is -1.33. The maximum atomic E-state index is 14.9. The van der Waals surface area contributed by atoms with Gasteiger partial charge in [-0.25, -0.2) is 13.6 Å². The van der Waals surface area contributed by atoms with Gasteiger partial charge in [0.05, 0.1) is 5.69 Å². The van der Waals surface area contributed by atoms with Crippen molar-refractivity contribution < 1.29 is 18.3 Å². The van der Waals surface area contributed by atoms with Crippen LogP contribution >= 0.6 is 23.2 Å². The highest BCUT2D eigenvalue weighted by Gasteiger charge is 2.25. The van der Waals surface area contributed by atoms with Gasteiger partial charge in [0.2, 0.25) is 0 Å². The van der Waals surface area contributed by atoms with Gasteiger partial charge in [0, 0.05) is 10.0 Å². The van der Waals surface area contributed by atoms with Gasteiger partial charge >= 0.3 is 5.97 Å². The van der Waals surface area contributed by atoms with E-state index in [1.54, 1.807) is 48.5 Å². The molecule has 0 saturated carbocycles. The summed E-state index contributed by atoms with van der Waals surface area (Å²) in [6.07, 6.45) is -1.33. The number of esters is 1. The normalized spacial score (nSPS) is 13.0. The van der Waals surface area contributed by atoms with Gasteiger partial charge in [0.1, 0.15) is 18.5 Å². The van der Waals surface area contributed by atoms with E-state index in [1.807, 2.05) is 13.8 Å². The summed E-state index contributed by atoms with van der Waals surface area (Å²) >= 11 is 11.7. The van der Waals surface area contributed by atoms with Crippen LogP contribution in [0.25, 0.3) is 0 Å². The summed E-state index contributed by atoms with van der Waals surface area (Å²) in [4.78, 5) is 12.7. The van der Waals surface area contributed by atoms with Crippen LogP contribution in [0.3, 0.4) is 0 Å². The van der Waals surface area contributed by atoms with Crippen LogP contribution in [-0.4, -0.2) is 12.0 Å². The number of carbonyl (C=O) groups is 1. The Hall–Kier alpha value is -2.63. The molecule has 0 spiro atoms. The molecule has 0 bridgehead atoms. The van der Waals surface area contributed by atoms with Crippen molar-refractivity contribution in [3.8, 4) is 0 Å². The topological polar surface area (TPSA) is 38.3 Å². The second kappa shape index (κ2) is 10.8. The molecule has 0 aliphatic carbocycles. The van der Waals surface area contributed by atoms with Crippen molar-refractivity contribution in [2.24, 2.45) is 5.92 Å². The molecule has 0 aromatic heterocycles. The molecule has 3 nitrogen and oxygen atoms in total. The summed E-state index contributed by atoms with van der Waals surface area (Å²) in [7, 11) is 0. The van der Waals surface area contributed by atoms with Crippen molar-refractivity contribution in [2.45, 2.75) is 32.7 Å². The van der Waals surface area contributed by atoms with E-state index in [4.69, 9.17) is 27.9 Å². The third-order valence-corrected chi connectivity index (χ3v) is 5.44. The van der Waals surface area contributed by atoms with E-state index >= 15 is 0 Å². The lowest BCUT2D eigenvalue weighted by Crippen LogP contribution is -2.36. The van der Waals surface area contributed by atoms with E-state index in [9.17, 15) is 13.6 Å². The third-order valence-electron chi connectivity index (χ3n) is 4.95. The largest absolute Gasteiger partial charge is 0.459 e. The van der Waals surface area contributed by atoms with Crippen LogP contribution in [0, 0.1) is 11.7 Å². The summed E-state index contributed by atoms with van der Waals surface area (Å²) in [6, 6.07) is 16.7. The van der Waals surface area contributed by atoms with E-state index in [-0.39, 0.29) is 23.2 Å². The molecule has 0 radical (unpaired) electrons. The fraction of sp³-hybridized carbons (Fsp3) is 0.240. The predicted molar refractivity (Wildman–Crippen MR) is 124 cm³/mol. The highest BCUT2D eigenvalue weighted by molar-refractivity contribution is 6.30. The summed E-state index contributed by atoms with van der Waals surface area (Å²) in [5.74, 6) is -1.25. The van der Waals surface area contributed by atoms with E-state index in [2.05, 4.69) is 5.32 Å². The first-order valence-electron chi connectivity index (χ1n) is 10.1. The minimum absolute atomic E-state index is 0.0337. The SMILES string of the molecule is CC(C)C(Nc1ccc(Cl)cc1F)C(=O)OCc1cccc(C(F)c2ccc(Cl)cc2)c1. The van der Waals surface area contributed by atoms with Crippen molar-refractivity contribution >= 4 is 34.9 Å². The fourth-order valence-electron chi connectivity index (χ4n) is 3.18. The van der Waals surface area contributed by atoms with Crippen molar-refractivity contribution in [2.75, 3.05) is 5.32 Å². The molecule has 3 aromatic carbocycles. The van der Waals surface area contributed by atoms with Crippen LogP contribution in [0.2, 0.25) is 10.0 Å². The lowest BCUT2D eigenvalue weighted by atomic mass is 10.0. The first-order chi connectivity index (χ1) is 15.2. The van der Waals surface area contributed by atoms with Crippen LogP contribution in [0.5, 0.6) is 0 Å². The third kappa shape index (κ3) is 6.21. The Morgan fingerprint density at radius 2 is 1.66 bits per heavy atom. The average Bonchev–Trinajstić information content (AvgIpc) is 2.77. The van der Waals surface area contributed by atoms with Gasteiger partial charge in [-0.2, -0.15) is 0 Å². The molecule has 168 valence electrons. The highest BCUT2D eigenvalue weighted by atomic mass is 35.5. The molecule has 0 amide bonds. The van der Waals surface area contributed by atoms with Crippen LogP contribution < -0.4 is 5.32 Å². The Bertz CT molecular complexity index is 1070. The second-order valence-corrected chi connectivity index (χ2v) is 8.63. The molecule has 0 saturated heterocycles. The maximum Gasteiger partial charge on any atom is 0.329 e. The number of hydrogen-bond donors (Lipinski definition) is 1. The number of carbonyl (C=O) groups excluding carboxylic acids is 1. The van der Waals surface area contributed by atoms with E-state index in [1.165, 1.54) is 18.2 Å². The number of alkyl halides is 1. The molecule has 0 aliphatic rings. The molecule has 32 heavy (non-hydrogen) atoms. The average molecular weight is 478 g/mol. The quantitative estimate of drug-likeness (QED) is 0.344. The molecule has 2 unspecified atom stereocenters. The van der Waals surface area contributed by atoms with Crippen molar-refractivity contribution in [3.05, 3.63) is 99.3 Å². The van der Waals surface area contributed by atoms with Gasteiger partial charge in [-0.3, -0.25) is 0 Å². The Labute approximate surface area is 196 Å². The smallest absolute Gasteiger partial charge is 0.329 e. The van der Waals surface area contributed by atoms with Crippen LogP contribution in [0.15, 0.2) is 66.7 Å². The molecule has 7 heteroatoms. The zero-order valence-corrected chi connectivity index (χ0v) is 19.1. The first kappa shape index (κ1) is 24.0. The number of hydrogen-bond acceptors (Lipinski definition) is 3. The number of rotatable bonds is 8. The standard InChI is InChI=1S/C25H23Cl2F2NO2/c1-15(2)24(30-22-11-10-20(27)13-21(22)28)25(31)32-14-16-4-3-5-18(12-16)23(29)17-6-8-19(26)9-7-17/h3-13,15,23-24,30H,14H2,1-2H3. The van der Waals surface area contributed by atoms with Gasteiger partial charge in [0.25, 0.3) is 0 Å². The molecule has 0 fully saturated rings. The molecule has 1 N–H and O–H groups in total. The fourth-order valence-corrected chi connectivity index (χ4v) is 3.47. The molecule has 0 heterocycles. The molecule has 3 rings (SSSR count). The zero-order valence-electron chi connectivity index (χ0n) is 17.6. The number of anilines is 1. The van der Waals surface area contributed by atoms with Crippen molar-refractivity contribution in [1.82, 2.24) is 0 Å². The number of halogens is 4. The van der Waals surface area contributed by atoms with Gasteiger partial charge in [-0.1, -0.05) is 67.4 Å². The van der Waals surface area contributed by atoms with Gasteiger partial charge in [-0.15, -0.1) is 0 Å². The highest BCUT2D eigenvalue weighted by Crippen LogP contribution is 2.28. The molecule has 3 aromatic rings. The minimum Gasteiger partial charge on any atom is -0.459 e. The van der Waals surface area contributed by atoms with Crippen LogP contribution in [-0.2, 0) is 16.1 Å². The first-order valence-corrected chi connectivity index (χ1v) is 10.9. The summed E-state index contributed by atoms with van der Waals surface area (Å²) in [6.45, 7) is 3.62. The number of nitrogens with one attached hydrogen (secondary N) is 1. The Kier molecular flexibility index (Phi) is 8.10. The lowest BCUT2D eigenvalue weighted by Gasteiger charge is -2.22.